The van der Waals surface area contributed by atoms with Crippen LogP contribution in [0.3, 0.4) is 0 Å². The molecule has 0 amide bonds. The van der Waals surface area contributed by atoms with Crippen LogP contribution < -0.4 is 5.32 Å². The molecule has 1 fully saturated rings. The molecule has 0 radical (unpaired) electrons. The van der Waals surface area contributed by atoms with E-state index in [2.05, 4.69) is 30.5 Å². The Morgan fingerprint density at radius 1 is 1.64 bits per heavy atom. The summed E-state index contributed by atoms with van der Waals surface area (Å²) in [5.41, 5.74) is 1.41. The van der Waals surface area contributed by atoms with Gasteiger partial charge in [0, 0.05) is 19.3 Å². The molecule has 14 heavy (non-hydrogen) atoms. The van der Waals surface area contributed by atoms with E-state index in [0.29, 0.717) is 6.04 Å². The van der Waals surface area contributed by atoms with Crippen molar-refractivity contribution in [3.63, 3.8) is 0 Å². The van der Waals surface area contributed by atoms with E-state index in [9.17, 15) is 0 Å². The summed E-state index contributed by atoms with van der Waals surface area (Å²) in [4.78, 5) is 0. The number of rotatable bonds is 4. The fraction of sp³-hybridized carbons (Fsp3) is 0.727. The van der Waals surface area contributed by atoms with E-state index in [1.165, 1.54) is 12.0 Å². The van der Waals surface area contributed by atoms with Crippen molar-refractivity contribution in [3.05, 3.63) is 18.0 Å². The molecule has 1 saturated carbocycles. The van der Waals surface area contributed by atoms with Crippen molar-refractivity contribution in [2.24, 2.45) is 13.0 Å². The summed E-state index contributed by atoms with van der Waals surface area (Å²) in [5, 5.41) is 7.69. The van der Waals surface area contributed by atoms with Gasteiger partial charge in [0.25, 0.3) is 0 Å². The number of nitrogens with one attached hydrogen (secondary N) is 1. The van der Waals surface area contributed by atoms with Crippen molar-refractivity contribution in [1.29, 1.82) is 0 Å². The van der Waals surface area contributed by atoms with Crippen LogP contribution in [0.15, 0.2) is 12.4 Å². The molecule has 3 heteroatoms. The molecule has 0 bridgehead atoms. The van der Waals surface area contributed by atoms with E-state index in [4.69, 9.17) is 0 Å². The second-order valence-electron chi connectivity index (χ2n) is 4.61. The number of hydrogen-bond acceptors (Lipinski definition) is 2. The van der Waals surface area contributed by atoms with Crippen LogP contribution in [0.1, 0.15) is 31.7 Å². The third-order valence-electron chi connectivity index (χ3n) is 2.86. The normalized spacial score (nSPS) is 25.7. The van der Waals surface area contributed by atoms with Crippen molar-refractivity contribution in [2.75, 3.05) is 6.54 Å². The maximum atomic E-state index is 4.20. The highest BCUT2D eigenvalue weighted by Crippen LogP contribution is 2.46. The van der Waals surface area contributed by atoms with Crippen molar-refractivity contribution in [2.45, 2.75) is 32.2 Å². The van der Waals surface area contributed by atoms with Gasteiger partial charge in [0.2, 0.25) is 0 Å². The van der Waals surface area contributed by atoms with Crippen molar-refractivity contribution >= 4 is 0 Å². The lowest BCUT2D eigenvalue weighted by Crippen LogP contribution is -2.25. The van der Waals surface area contributed by atoms with Crippen LogP contribution in [0.4, 0.5) is 0 Å². The van der Waals surface area contributed by atoms with Crippen LogP contribution >= 0.6 is 0 Å². The van der Waals surface area contributed by atoms with Gasteiger partial charge < -0.3 is 5.32 Å². The first-order chi connectivity index (χ1) is 6.66. The Balaban J connectivity index is 1.81. The smallest absolute Gasteiger partial charge is 0.0524 e. The molecular weight excluding hydrogens is 174 g/mol. The molecule has 1 aliphatic carbocycles. The van der Waals surface area contributed by atoms with Gasteiger partial charge >= 0.3 is 0 Å². The molecule has 1 aromatic rings. The maximum absolute atomic E-state index is 4.20. The molecule has 78 valence electrons. The summed E-state index contributed by atoms with van der Waals surface area (Å²) >= 11 is 0. The molecule has 0 aliphatic heterocycles. The number of aromatic nitrogens is 2. The van der Waals surface area contributed by atoms with Crippen LogP contribution in [0, 0.1) is 5.92 Å². The van der Waals surface area contributed by atoms with Crippen LogP contribution in [0.25, 0.3) is 0 Å². The van der Waals surface area contributed by atoms with E-state index in [-0.39, 0.29) is 0 Å². The minimum atomic E-state index is 0.602. The average Bonchev–Trinajstić information content (AvgIpc) is 2.78. The summed E-state index contributed by atoms with van der Waals surface area (Å²) in [6.45, 7) is 5.54. The number of nitrogens with zero attached hydrogens (tertiary/aromatic N) is 2. The molecule has 2 unspecified atom stereocenters. The lowest BCUT2D eigenvalue weighted by Gasteiger charge is -2.06. The molecule has 0 saturated heterocycles. The van der Waals surface area contributed by atoms with Crippen LogP contribution in [-0.2, 0) is 7.05 Å². The Morgan fingerprint density at radius 3 is 3.00 bits per heavy atom. The zero-order chi connectivity index (χ0) is 10.1. The van der Waals surface area contributed by atoms with Crippen LogP contribution in [0.5, 0.6) is 0 Å². The Kier molecular flexibility index (Phi) is 2.59. The predicted octanol–water partition coefficient (Wildman–Crippen LogP) is 1.52. The lowest BCUT2D eigenvalue weighted by atomic mass is 10.2. The first kappa shape index (κ1) is 9.71. The van der Waals surface area contributed by atoms with Crippen LogP contribution in [-0.4, -0.2) is 22.4 Å². The first-order valence-corrected chi connectivity index (χ1v) is 5.38. The minimum Gasteiger partial charge on any atom is -0.314 e. The van der Waals surface area contributed by atoms with Gasteiger partial charge in [-0.3, -0.25) is 4.68 Å². The van der Waals surface area contributed by atoms with Gasteiger partial charge in [-0.15, -0.1) is 0 Å². The maximum Gasteiger partial charge on any atom is 0.0524 e. The fourth-order valence-electron chi connectivity index (χ4n) is 1.90. The molecule has 2 rings (SSSR count). The predicted molar refractivity (Wildman–Crippen MR) is 57.2 cm³/mol. The van der Waals surface area contributed by atoms with Crippen LogP contribution in [0.2, 0.25) is 0 Å². The van der Waals surface area contributed by atoms with Gasteiger partial charge in [0.1, 0.15) is 0 Å². The second kappa shape index (κ2) is 3.73. The average molecular weight is 193 g/mol. The Labute approximate surface area is 85.5 Å². The van der Waals surface area contributed by atoms with E-state index in [1.54, 1.807) is 0 Å². The highest BCUT2D eigenvalue weighted by Gasteiger charge is 2.38. The lowest BCUT2D eigenvalue weighted by molar-refractivity contribution is 0.554. The fourth-order valence-corrected chi connectivity index (χ4v) is 1.90. The topological polar surface area (TPSA) is 29.9 Å². The van der Waals surface area contributed by atoms with E-state index in [1.807, 2.05) is 17.9 Å². The molecule has 1 heterocycles. The number of aryl methyl sites for hydroxylation is 1. The highest BCUT2D eigenvalue weighted by atomic mass is 15.2. The standard InChI is InChI=1S/C11H19N3/c1-8(2)12-5-9-4-11(9)10-6-13-14(3)7-10/h6-9,11-12H,4-5H2,1-3H3. The summed E-state index contributed by atoms with van der Waals surface area (Å²) in [6, 6.07) is 0.602. The summed E-state index contributed by atoms with van der Waals surface area (Å²) in [5.74, 6) is 1.59. The third kappa shape index (κ3) is 2.15. The van der Waals surface area contributed by atoms with Gasteiger partial charge in [-0.05, 0) is 30.4 Å². The quantitative estimate of drug-likeness (QED) is 0.785. The van der Waals surface area contributed by atoms with E-state index >= 15 is 0 Å². The Hall–Kier alpha value is -0.830. The van der Waals surface area contributed by atoms with Crippen molar-refractivity contribution < 1.29 is 0 Å². The highest BCUT2D eigenvalue weighted by molar-refractivity contribution is 5.20. The van der Waals surface area contributed by atoms with Gasteiger partial charge in [-0.1, -0.05) is 13.8 Å². The third-order valence-corrected chi connectivity index (χ3v) is 2.86. The monoisotopic (exact) mass is 193 g/mol. The molecule has 1 N–H and O–H groups in total. The van der Waals surface area contributed by atoms with Gasteiger partial charge in [0.15, 0.2) is 0 Å². The minimum absolute atomic E-state index is 0.602. The summed E-state index contributed by atoms with van der Waals surface area (Å²) < 4.78 is 1.89. The van der Waals surface area contributed by atoms with E-state index < -0.39 is 0 Å². The molecule has 2 atom stereocenters. The molecule has 3 nitrogen and oxygen atoms in total. The van der Waals surface area contributed by atoms with Gasteiger partial charge in [-0.25, -0.2) is 0 Å². The first-order valence-electron chi connectivity index (χ1n) is 5.38. The summed E-state index contributed by atoms with van der Waals surface area (Å²) in [7, 11) is 1.98. The zero-order valence-corrected chi connectivity index (χ0v) is 9.20. The molecule has 1 aliphatic rings. The Morgan fingerprint density at radius 2 is 2.43 bits per heavy atom. The largest absolute Gasteiger partial charge is 0.314 e. The molecule has 0 spiro atoms. The Bertz CT molecular complexity index is 303. The second-order valence-corrected chi connectivity index (χ2v) is 4.61. The summed E-state index contributed by atoms with van der Waals surface area (Å²) in [6.07, 6.45) is 5.46. The van der Waals surface area contributed by atoms with Crippen molar-refractivity contribution in [1.82, 2.24) is 15.1 Å². The zero-order valence-electron chi connectivity index (χ0n) is 9.20. The van der Waals surface area contributed by atoms with Crippen molar-refractivity contribution in [3.8, 4) is 0 Å². The SMILES string of the molecule is CC(C)NCC1CC1c1cnn(C)c1. The molecule has 0 aromatic carbocycles. The number of hydrogen-bond donors (Lipinski definition) is 1. The van der Waals surface area contributed by atoms with E-state index in [0.717, 1.165) is 18.4 Å². The van der Waals surface area contributed by atoms with Gasteiger partial charge in [0.05, 0.1) is 6.20 Å². The van der Waals surface area contributed by atoms with Gasteiger partial charge in [-0.2, -0.15) is 5.10 Å². The molecule has 1 aromatic heterocycles. The molecular formula is C11H19N3.